The summed E-state index contributed by atoms with van der Waals surface area (Å²) in [5.74, 6) is 0.323. The summed E-state index contributed by atoms with van der Waals surface area (Å²) in [6.07, 6.45) is 1.29. The van der Waals surface area contributed by atoms with Gasteiger partial charge in [0.05, 0.1) is 6.10 Å². The van der Waals surface area contributed by atoms with Crippen molar-refractivity contribution < 1.29 is 14.3 Å². The van der Waals surface area contributed by atoms with Crippen LogP contribution in [0.25, 0.3) is 0 Å². The van der Waals surface area contributed by atoms with Crippen molar-refractivity contribution in [2.75, 3.05) is 5.32 Å². The van der Waals surface area contributed by atoms with Gasteiger partial charge in [-0.25, -0.2) is 0 Å². The Hall–Kier alpha value is -2.04. The molecule has 2 rings (SSSR count). The van der Waals surface area contributed by atoms with E-state index in [1.807, 2.05) is 46.8 Å². The van der Waals surface area contributed by atoms with Crippen molar-refractivity contribution in [2.45, 2.75) is 59.1 Å². The molecule has 0 heterocycles. The van der Waals surface area contributed by atoms with Crippen LogP contribution in [-0.2, 0) is 9.59 Å². The second kappa shape index (κ2) is 6.22. The molecule has 0 bridgehead atoms. The predicted molar refractivity (Wildman–Crippen MR) is 90.4 cm³/mol. The monoisotopic (exact) mass is 318 g/mol. The van der Waals surface area contributed by atoms with E-state index < -0.39 is 5.41 Å². The van der Waals surface area contributed by atoms with Crippen molar-refractivity contribution in [1.29, 1.82) is 0 Å². The lowest BCUT2D eigenvalue weighted by molar-refractivity contribution is -0.135. The zero-order chi connectivity index (χ0) is 17.3. The van der Waals surface area contributed by atoms with Gasteiger partial charge in [0.15, 0.2) is 0 Å². The molecule has 0 saturated heterocycles. The Morgan fingerprint density at radius 1 is 1.09 bits per heavy atom. The molecule has 0 aliphatic heterocycles. The number of amides is 2. The third-order valence-corrected chi connectivity index (χ3v) is 3.59. The van der Waals surface area contributed by atoms with Crippen molar-refractivity contribution in [3.8, 4) is 5.75 Å². The Balaban J connectivity index is 2.00. The second-order valence-corrected chi connectivity index (χ2v) is 7.43. The van der Waals surface area contributed by atoms with Crippen LogP contribution in [0, 0.1) is 5.41 Å². The third-order valence-electron chi connectivity index (χ3n) is 3.59. The first-order valence-corrected chi connectivity index (χ1v) is 8.03. The van der Waals surface area contributed by atoms with Crippen molar-refractivity contribution in [3.05, 3.63) is 24.3 Å². The number of nitrogens with one attached hydrogen (secondary N) is 2. The maximum atomic E-state index is 12.5. The van der Waals surface area contributed by atoms with E-state index >= 15 is 0 Å². The van der Waals surface area contributed by atoms with Crippen molar-refractivity contribution in [3.63, 3.8) is 0 Å². The fourth-order valence-electron chi connectivity index (χ4n) is 2.28. The molecule has 1 aliphatic carbocycles. The van der Waals surface area contributed by atoms with Crippen LogP contribution in [0.5, 0.6) is 5.75 Å². The molecule has 23 heavy (non-hydrogen) atoms. The number of ether oxygens (including phenoxy) is 1. The van der Waals surface area contributed by atoms with Crippen LogP contribution in [0.15, 0.2) is 24.3 Å². The summed E-state index contributed by atoms with van der Waals surface area (Å²) in [6, 6.07) is 7.19. The molecule has 0 spiro atoms. The predicted octanol–water partition coefficient (Wildman–Crippen LogP) is 3.11. The minimum absolute atomic E-state index is 0.103. The van der Waals surface area contributed by atoms with E-state index in [9.17, 15) is 9.59 Å². The van der Waals surface area contributed by atoms with Gasteiger partial charge >= 0.3 is 0 Å². The van der Waals surface area contributed by atoms with Crippen LogP contribution in [0.3, 0.4) is 0 Å². The van der Waals surface area contributed by atoms with Crippen LogP contribution < -0.4 is 15.4 Å². The number of anilines is 1. The maximum Gasteiger partial charge on any atom is 0.240 e. The molecule has 126 valence electrons. The molecule has 2 amide bonds. The number of rotatable bonds is 5. The van der Waals surface area contributed by atoms with Crippen LogP contribution in [0.2, 0.25) is 0 Å². The molecular weight excluding hydrogens is 292 g/mol. The van der Waals surface area contributed by atoms with Gasteiger partial charge in [-0.05, 0) is 71.7 Å². The van der Waals surface area contributed by atoms with Gasteiger partial charge in [-0.2, -0.15) is 0 Å². The summed E-state index contributed by atoms with van der Waals surface area (Å²) in [4.78, 5) is 24.8. The molecule has 0 aromatic heterocycles. The summed E-state index contributed by atoms with van der Waals surface area (Å²) in [5.41, 5.74) is -0.593. The average Bonchev–Trinajstić information content (AvgIpc) is 3.20. The first-order valence-electron chi connectivity index (χ1n) is 8.03. The van der Waals surface area contributed by atoms with Gasteiger partial charge in [-0.1, -0.05) is 0 Å². The molecule has 0 radical (unpaired) electrons. The second-order valence-electron chi connectivity index (χ2n) is 7.43. The molecule has 1 aromatic carbocycles. The molecule has 5 heteroatoms. The number of hydrogen-bond donors (Lipinski definition) is 2. The largest absolute Gasteiger partial charge is 0.491 e. The summed E-state index contributed by atoms with van der Waals surface area (Å²) in [6.45, 7) is 9.64. The fraction of sp³-hybridized carbons (Fsp3) is 0.556. The average molecular weight is 318 g/mol. The van der Waals surface area contributed by atoms with Crippen molar-refractivity contribution >= 4 is 17.5 Å². The third kappa shape index (κ3) is 4.47. The highest BCUT2D eigenvalue weighted by atomic mass is 16.5. The molecule has 0 unspecified atom stereocenters. The number of benzene rings is 1. The quantitative estimate of drug-likeness (QED) is 0.820. The van der Waals surface area contributed by atoms with Crippen LogP contribution >= 0.6 is 0 Å². The lowest BCUT2D eigenvalue weighted by Gasteiger charge is -2.24. The Labute approximate surface area is 137 Å². The molecule has 1 aliphatic rings. The van der Waals surface area contributed by atoms with Gasteiger partial charge in [0.25, 0.3) is 0 Å². The molecule has 0 atom stereocenters. The fourth-order valence-corrected chi connectivity index (χ4v) is 2.28. The summed E-state index contributed by atoms with van der Waals surface area (Å²) >= 11 is 0. The topological polar surface area (TPSA) is 67.4 Å². The van der Waals surface area contributed by atoms with Gasteiger partial charge in [0, 0.05) is 11.2 Å². The van der Waals surface area contributed by atoms with Crippen molar-refractivity contribution in [2.24, 2.45) is 5.41 Å². The van der Waals surface area contributed by atoms with E-state index in [-0.39, 0.29) is 23.5 Å². The normalized spacial score (nSPS) is 15.9. The Morgan fingerprint density at radius 2 is 1.65 bits per heavy atom. The Kier molecular flexibility index (Phi) is 4.68. The SMILES string of the molecule is CC(C)Oc1ccc(NC(=O)C2(C(=O)NC(C)(C)C)CC2)cc1. The summed E-state index contributed by atoms with van der Waals surface area (Å²) in [5, 5.41) is 5.74. The van der Waals surface area contributed by atoms with Gasteiger partial charge < -0.3 is 15.4 Å². The standard InChI is InChI=1S/C18H26N2O3/c1-12(2)23-14-8-6-13(7-9-14)19-15(21)18(10-11-18)16(22)20-17(3,4)5/h6-9,12H,10-11H2,1-5H3,(H,19,21)(H,20,22). The number of hydrogen-bond acceptors (Lipinski definition) is 3. The Bertz CT molecular complexity index is 581. The first kappa shape index (κ1) is 17.3. The highest BCUT2D eigenvalue weighted by molar-refractivity contribution is 6.13. The first-order chi connectivity index (χ1) is 10.6. The highest BCUT2D eigenvalue weighted by Gasteiger charge is 2.57. The molecule has 1 fully saturated rings. The summed E-state index contributed by atoms with van der Waals surface area (Å²) in [7, 11) is 0. The number of carbonyl (C=O) groups excluding carboxylic acids is 2. The minimum atomic E-state index is -0.916. The van der Waals surface area contributed by atoms with Gasteiger partial charge in [0.2, 0.25) is 11.8 Å². The van der Waals surface area contributed by atoms with E-state index in [2.05, 4.69) is 10.6 Å². The molecule has 5 nitrogen and oxygen atoms in total. The zero-order valence-corrected chi connectivity index (χ0v) is 14.5. The molecule has 2 N–H and O–H groups in total. The lowest BCUT2D eigenvalue weighted by atomic mass is 10.0. The van der Waals surface area contributed by atoms with Gasteiger partial charge in [-0.15, -0.1) is 0 Å². The van der Waals surface area contributed by atoms with Crippen molar-refractivity contribution in [1.82, 2.24) is 5.32 Å². The maximum absolute atomic E-state index is 12.5. The lowest BCUT2D eigenvalue weighted by Crippen LogP contribution is -2.48. The van der Waals surface area contributed by atoms with Crippen LogP contribution in [0.4, 0.5) is 5.69 Å². The van der Waals surface area contributed by atoms with E-state index in [4.69, 9.17) is 4.74 Å². The molecule has 1 aromatic rings. The summed E-state index contributed by atoms with van der Waals surface area (Å²) < 4.78 is 5.57. The highest BCUT2D eigenvalue weighted by Crippen LogP contribution is 2.47. The van der Waals surface area contributed by atoms with E-state index in [0.29, 0.717) is 18.5 Å². The van der Waals surface area contributed by atoms with Crippen LogP contribution in [0.1, 0.15) is 47.5 Å². The van der Waals surface area contributed by atoms with E-state index in [1.165, 1.54) is 0 Å². The van der Waals surface area contributed by atoms with Gasteiger partial charge in [-0.3, -0.25) is 9.59 Å². The van der Waals surface area contributed by atoms with E-state index in [0.717, 1.165) is 5.75 Å². The van der Waals surface area contributed by atoms with Gasteiger partial charge in [0.1, 0.15) is 11.2 Å². The minimum Gasteiger partial charge on any atom is -0.491 e. The number of carbonyl (C=O) groups is 2. The van der Waals surface area contributed by atoms with Crippen LogP contribution in [-0.4, -0.2) is 23.5 Å². The van der Waals surface area contributed by atoms with E-state index in [1.54, 1.807) is 12.1 Å². The molecular formula is C18H26N2O3. The zero-order valence-electron chi connectivity index (χ0n) is 14.5. The molecule has 1 saturated carbocycles. The smallest absolute Gasteiger partial charge is 0.240 e. The Morgan fingerprint density at radius 3 is 2.09 bits per heavy atom.